The molecule has 8 atom stereocenters. The van der Waals surface area contributed by atoms with Gasteiger partial charge in [0.25, 0.3) is 0 Å². The summed E-state index contributed by atoms with van der Waals surface area (Å²) in [6, 6.07) is 3.41. The number of esters is 1. The monoisotopic (exact) mass is 812 g/mol. The molecular weight excluding hydrogens is 743 g/mol. The van der Waals surface area contributed by atoms with Gasteiger partial charge in [-0.15, -0.1) is 0 Å². The predicted molar refractivity (Wildman–Crippen MR) is 219 cm³/mol. The number of ether oxygens (including phenoxy) is 2. The van der Waals surface area contributed by atoms with Crippen LogP contribution < -0.4 is 10.1 Å². The van der Waals surface area contributed by atoms with Gasteiger partial charge in [-0.05, 0) is 80.4 Å². The normalized spacial score (nSPS) is 30.9. The van der Waals surface area contributed by atoms with E-state index >= 15 is 0 Å². The van der Waals surface area contributed by atoms with E-state index in [2.05, 4.69) is 5.32 Å². The van der Waals surface area contributed by atoms with Gasteiger partial charge in [0, 0.05) is 46.1 Å². The lowest BCUT2D eigenvalue weighted by atomic mass is 9.81. The zero-order chi connectivity index (χ0) is 43.2. The van der Waals surface area contributed by atoms with Crippen LogP contribution in [0.4, 0.5) is 0 Å². The van der Waals surface area contributed by atoms with Crippen molar-refractivity contribution in [3.05, 3.63) is 29.8 Å². The topological polar surface area (TPSA) is 166 Å². The van der Waals surface area contributed by atoms with Gasteiger partial charge >= 0.3 is 5.97 Å². The Bertz CT molecular complexity index is 1620. The molecule has 4 fully saturated rings. The molecule has 2 bridgehead atoms. The minimum atomic E-state index is -1.02. The van der Waals surface area contributed by atoms with Gasteiger partial charge in [0.2, 0.25) is 29.5 Å². The molecule has 5 rings (SSSR count). The third-order valence-electron chi connectivity index (χ3n) is 12.6. The summed E-state index contributed by atoms with van der Waals surface area (Å²) in [5.41, 5.74) is 0.318. The number of benzene rings is 1. The zero-order valence-corrected chi connectivity index (χ0v) is 36.7. The summed E-state index contributed by atoms with van der Waals surface area (Å²) >= 11 is 0. The smallest absolute Gasteiger partial charge is 0.329 e. The number of rotatable bonds is 4. The van der Waals surface area contributed by atoms with Crippen LogP contribution in [-0.2, 0) is 39.9 Å². The molecule has 5 amide bonds. The molecule has 0 unspecified atom stereocenters. The van der Waals surface area contributed by atoms with Crippen molar-refractivity contribution in [1.29, 1.82) is 0 Å². The third-order valence-corrected chi connectivity index (χ3v) is 12.6. The third kappa shape index (κ3) is 11.1. The number of aliphatic hydroxyl groups is 1. The van der Waals surface area contributed by atoms with Gasteiger partial charge in [0.1, 0.15) is 36.0 Å². The number of aliphatic hydroxyl groups excluding tert-OH is 1. The van der Waals surface area contributed by atoms with Crippen molar-refractivity contribution in [2.45, 2.75) is 137 Å². The van der Waals surface area contributed by atoms with Crippen molar-refractivity contribution in [3.63, 3.8) is 0 Å². The summed E-state index contributed by atoms with van der Waals surface area (Å²) in [6.07, 6.45) is 1.23. The van der Waals surface area contributed by atoms with E-state index in [1.165, 1.54) is 21.7 Å². The van der Waals surface area contributed by atoms with E-state index in [1.54, 1.807) is 45.0 Å². The maximum absolute atomic E-state index is 14.4. The van der Waals surface area contributed by atoms with Crippen LogP contribution >= 0.6 is 0 Å². The van der Waals surface area contributed by atoms with Gasteiger partial charge in [0.15, 0.2) is 0 Å². The fourth-order valence-corrected chi connectivity index (χ4v) is 8.55. The van der Waals surface area contributed by atoms with Crippen LogP contribution in [-0.4, -0.2) is 137 Å². The number of piperidine rings is 1. The molecule has 0 aliphatic carbocycles. The highest BCUT2D eigenvalue weighted by molar-refractivity contribution is 5.95. The first kappa shape index (κ1) is 46.5. The lowest BCUT2D eigenvalue weighted by Crippen LogP contribution is -2.59. The number of fused-ring (bicyclic) bond motifs is 19. The summed E-state index contributed by atoms with van der Waals surface area (Å²) in [7, 11) is 4.63. The second-order valence-corrected chi connectivity index (χ2v) is 18.4. The molecule has 4 aliphatic rings. The fraction of sp³-hybridized carbons (Fsp3) is 0.727. The Kier molecular flexibility index (Phi) is 15.8. The van der Waals surface area contributed by atoms with E-state index in [1.807, 2.05) is 53.7 Å². The van der Waals surface area contributed by atoms with Gasteiger partial charge in [0.05, 0.1) is 19.1 Å². The zero-order valence-electron chi connectivity index (χ0n) is 36.7. The Morgan fingerprint density at radius 1 is 0.845 bits per heavy atom. The van der Waals surface area contributed by atoms with Crippen molar-refractivity contribution in [2.75, 3.05) is 40.8 Å². The maximum Gasteiger partial charge on any atom is 0.329 e. The number of hydrogen-bond acceptors (Lipinski definition) is 9. The van der Waals surface area contributed by atoms with Crippen LogP contribution in [0.15, 0.2) is 24.3 Å². The molecular formula is C44H69N5O9. The maximum atomic E-state index is 14.4. The number of amides is 5. The lowest BCUT2D eigenvalue weighted by molar-refractivity contribution is -0.166. The predicted octanol–water partition coefficient (Wildman–Crippen LogP) is 3.67. The molecule has 1 aromatic carbocycles. The summed E-state index contributed by atoms with van der Waals surface area (Å²) in [6.45, 7) is 15.9. The summed E-state index contributed by atoms with van der Waals surface area (Å²) in [4.78, 5) is 90.4. The first-order valence-corrected chi connectivity index (χ1v) is 21.1. The Labute approximate surface area is 345 Å². The van der Waals surface area contributed by atoms with E-state index < -0.39 is 71.4 Å². The molecule has 2 N–H and O–H groups in total. The second-order valence-electron chi connectivity index (χ2n) is 18.4. The van der Waals surface area contributed by atoms with Crippen LogP contribution in [0.25, 0.3) is 0 Å². The Hall–Kier alpha value is -4.20. The molecule has 1 aromatic rings. The molecule has 0 saturated carbocycles. The quantitative estimate of drug-likeness (QED) is 0.341. The van der Waals surface area contributed by atoms with Crippen molar-refractivity contribution >= 4 is 35.5 Å². The van der Waals surface area contributed by atoms with Gasteiger partial charge in [-0.3, -0.25) is 24.0 Å². The van der Waals surface area contributed by atoms with Crippen molar-refractivity contribution in [2.24, 2.45) is 29.1 Å². The number of carbonyl (C=O) groups excluding carboxylic acids is 6. The minimum Gasteiger partial charge on any atom is -0.497 e. The second kappa shape index (κ2) is 19.7. The highest BCUT2D eigenvalue weighted by Gasteiger charge is 2.44. The molecule has 0 spiro atoms. The first-order chi connectivity index (χ1) is 27.2. The Morgan fingerprint density at radius 3 is 2.03 bits per heavy atom. The standard InChI is InChI=1S/C44H69N5O9/c1-26(2)37-42(55)49-20-12-13-34(49)43(56)58-36(44(6,7)8)24-27(3)23-35(50)28(4)39(52)48-21-18-31(19-22-48)38(51)45-33(25-30-14-16-32(57-11)17-15-30)41(54)46(9)29(5)40(53)47(37)10/h14-17,26-29,31,33-37,50H,12-13,18-25H2,1-11H3,(H,45,51)/t27-,28-,29-,33-,34-,35-,36-,37-/m0/s1. The van der Waals surface area contributed by atoms with Crippen molar-refractivity contribution in [3.8, 4) is 5.75 Å². The van der Waals surface area contributed by atoms with E-state index in [-0.39, 0.29) is 36.0 Å². The summed E-state index contributed by atoms with van der Waals surface area (Å²) < 4.78 is 11.5. The Balaban J connectivity index is 1.69. The van der Waals surface area contributed by atoms with Crippen LogP contribution in [0.2, 0.25) is 0 Å². The molecule has 4 heterocycles. The highest BCUT2D eigenvalue weighted by Crippen LogP contribution is 2.33. The van der Waals surface area contributed by atoms with Gasteiger partial charge in [-0.25, -0.2) is 4.79 Å². The molecule has 58 heavy (non-hydrogen) atoms. The van der Waals surface area contributed by atoms with Gasteiger partial charge < -0.3 is 39.5 Å². The number of nitrogens with zero attached hydrogens (tertiary/aromatic N) is 4. The van der Waals surface area contributed by atoms with Gasteiger partial charge in [-0.1, -0.05) is 60.6 Å². The number of carbonyl (C=O) groups is 6. The number of methoxy groups -OCH3 is 1. The molecule has 14 nitrogen and oxygen atoms in total. The molecule has 324 valence electrons. The van der Waals surface area contributed by atoms with Crippen LogP contribution in [0.1, 0.15) is 99.5 Å². The molecule has 0 radical (unpaired) electrons. The van der Waals surface area contributed by atoms with E-state index in [0.717, 1.165) is 5.56 Å². The highest BCUT2D eigenvalue weighted by atomic mass is 16.5. The first-order valence-electron chi connectivity index (χ1n) is 21.1. The average molecular weight is 812 g/mol. The van der Waals surface area contributed by atoms with Crippen LogP contribution in [0.3, 0.4) is 0 Å². The number of hydrogen-bond donors (Lipinski definition) is 2. The molecule has 14 heteroatoms. The number of nitrogens with one attached hydrogen (secondary N) is 1. The van der Waals surface area contributed by atoms with Gasteiger partial charge in [-0.2, -0.15) is 0 Å². The minimum absolute atomic E-state index is 0.105. The van der Waals surface area contributed by atoms with E-state index in [4.69, 9.17) is 9.47 Å². The molecule has 4 saturated heterocycles. The summed E-state index contributed by atoms with van der Waals surface area (Å²) in [5, 5.41) is 14.3. The molecule has 0 aromatic heterocycles. The average Bonchev–Trinajstić information content (AvgIpc) is 3.68. The van der Waals surface area contributed by atoms with E-state index in [0.29, 0.717) is 63.9 Å². The van der Waals surface area contributed by atoms with Crippen LogP contribution in [0, 0.1) is 29.1 Å². The SMILES string of the molecule is COc1ccc(C[C@@H]2NC(=O)C3CCN(CC3)C(=O)[C@@H](C)[C@@H](O)C[C@H](C)C[C@@H](C(C)(C)C)OC(=O)[C@@H]3CCCN3C(=O)[C@H](C(C)C)N(C)C(=O)[C@H](C)N(C)C2=O)cc1. The molecule has 4 aliphatic heterocycles. The number of likely N-dealkylation sites (N-methyl/N-ethyl adjacent to an activating group) is 2. The largest absolute Gasteiger partial charge is 0.497 e. The fourth-order valence-electron chi connectivity index (χ4n) is 8.55. The van der Waals surface area contributed by atoms with Crippen molar-refractivity contribution < 1.29 is 43.3 Å². The Morgan fingerprint density at radius 2 is 1.47 bits per heavy atom. The summed E-state index contributed by atoms with van der Waals surface area (Å²) in [5.74, 6) is -3.24. The van der Waals surface area contributed by atoms with Crippen LogP contribution in [0.5, 0.6) is 5.75 Å². The lowest BCUT2D eigenvalue weighted by Gasteiger charge is -2.38. The van der Waals surface area contributed by atoms with E-state index in [9.17, 15) is 33.9 Å². The van der Waals surface area contributed by atoms with Crippen molar-refractivity contribution in [1.82, 2.24) is 24.9 Å².